The molecule has 1 heterocycles. The molecule has 0 unspecified atom stereocenters. The van der Waals surface area contributed by atoms with E-state index in [4.69, 9.17) is 14.2 Å². The van der Waals surface area contributed by atoms with Gasteiger partial charge in [0.1, 0.15) is 5.82 Å². The molecular weight excluding hydrogens is 460 g/mol. The fraction of sp³-hybridized carbons (Fsp3) is 0.429. The minimum absolute atomic E-state index is 0.0379. The average molecular weight is 495 g/mol. The van der Waals surface area contributed by atoms with Crippen LogP contribution in [0.1, 0.15) is 62.3 Å². The van der Waals surface area contributed by atoms with E-state index in [9.17, 15) is 14.4 Å². The fourth-order valence-corrected chi connectivity index (χ4v) is 2.83. The van der Waals surface area contributed by atoms with Crippen molar-refractivity contribution >= 4 is 28.9 Å². The smallest absolute Gasteiger partial charge is 0.316 e. The third kappa shape index (κ3) is 5.93. The van der Waals surface area contributed by atoms with Gasteiger partial charge in [-0.1, -0.05) is 12.1 Å². The Bertz CT molecular complexity index is 1280. The lowest BCUT2D eigenvalue weighted by Crippen LogP contribution is -2.29. The van der Waals surface area contributed by atoms with Gasteiger partial charge in [-0.15, -0.1) is 0 Å². The normalized spacial score (nSPS) is 12.4. The minimum Gasteiger partial charge on any atom is -0.422 e. The molecule has 0 bridgehead atoms. The van der Waals surface area contributed by atoms with E-state index in [1.165, 1.54) is 6.07 Å². The number of benzene rings is 2. The molecule has 0 saturated carbocycles. The number of aromatic amines is 1. The number of esters is 3. The van der Waals surface area contributed by atoms with Gasteiger partial charge in [0.25, 0.3) is 0 Å². The Kier molecular flexibility index (Phi) is 7.03. The van der Waals surface area contributed by atoms with Crippen molar-refractivity contribution in [2.75, 3.05) is 0 Å². The largest absolute Gasteiger partial charge is 0.422 e. The number of nitrogens with zero attached hydrogens (tertiary/aromatic N) is 1. The van der Waals surface area contributed by atoms with Crippen molar-refractivity contribution in [3.05, 3.63) is 36.4 Å². The summed E-state index contributed by atoms with van der Waals surface area (Å²) >= 11 is 0. The van der Waals surface area contributed by atoms with Gasteiger partial charge in [-0.2, -0.15) is 0 Å². The van der Waals surface area contributed by atoms with Gasteiger partial charge in [0.15, 0.2) is 11.5 Å². The van der Waals surface area contributed by atoms with Gasteiger partial charge in [-0.25, -0.2) is 4.98 Å². The van der Waals surface area contributed by atoms with Crippen LogP contribution in [0, 0.1) is 16.2 Å². The fourth-order valence-electron chi connectivity index (χ4n) is 2.83. The summed E-state index contributed by atoms with van der Waals surface area (Å²) in [5.41, 5.74) is -0.726. The van der Waals surface area contributed by atoms with E-state index in [2.05, 4.69) is 9.97 Å². The lowest BCUT2D eigenvalue weighted by molar-refractivity contribution is -0.146. The van der Waals surface area contributed by atoms with Crippen LogP contribution in [-0.4, -0.2) is 27.9 Å². The minimum atomic E-state index is -0.883. The molecule has 2 aromatic carbocycles. The SMILES string of the molecule is CC(C)(C)C(=O)Oc1ccc(-c2nc3ccccc3[nH]2)c(OC(=O)C(C)(C)C)c1OC(=O)C(C)(C)C. The first kappa shape index (κ1) is 26.9. The highest BCUT2D eigenvalue weighted by atomic mass is 16.6. The zero-order valence-corrected chi connectivity index (χ0v) is 22.4. The maximum atomic E-state index is 13.0. The lowest BCUT2D eigenvalue weighted by Gasteiger charge is -2.24. The van der Waals surface area contributed by atoms with Gasteiger partial charge in [-0.3, -0.25) is 14.4 Å². The number of nitrogens with one attached hydrogen (secondary N) is 1. The van der Waals surface area contributed by atoms with Crippen LogP contribution in [0.5, 0.6) is 17.2 Å². The third-order valence-corrected chi connectivity index (χ3v) is 5.15. The molecule has 192 valence electrons. The van der Waals surface area contributed by atoms with Crippen LogP contribution in [0.3, 0.4) is 0 Å². The summed E-state index contributed by atoms with van der Waals surface area (Å²) in [5.74, 6) is -1.56. The Morgan fingerprint density at radius 2 is 1.17 bits per heavy atom. The molecule has 8 heteroatoms. The van der Waals surface area contributed by atoms with Gasteiger partial charge >= 0.3 is 17.9 Å². The molecule has 3 rings (SSSR count). The summed E-state index contributed by atoms with van der Waals surface area (Å²) in [6, 6.07) is 10.6. The second-order valence-electron chi connectivity index (χ2n) is 11.8. The number of imidazole rings is 1. The monoisotopic (exact) mass is 494 g/mol. The summed E-state index contributed by atoms with van der Waals surface area (Å²) in [7, 11) is 0. The molecule has 3 aromatic rings. The van der Waals surface area contributed by atoms with E-state index in [1.54, 1.807) is 68.4 Å². The number of H-pyrrole nitrogens is 1. The number of para-hydroxylation sites is 2. The summed E-state index contributed by atoms with van der Waals surface area (Å²) in [6.07, 6.45) is 0. The standard InChI is InChI=1S/C28H34N2O6/c1-26(2,3)23(31)34-19-15-14-16(22-29-17-12-10-11-13-18(17)30-22)20(35-24(32)27(4,5)6)21(19)36-25(33)28(7,8)9/h10-15H,1-9H3,(H,29,30). The van der Waals surface area contributed by atoms with Gasteiger partial charge in [0.2, 0.25) is 5.75 Å². The molecular formula is C28H34N2O6. The van der Waals surface area contributed by atoms with Crippen LogP contribution in [0.15, 0.2) is 36.4 Å². The highest BCUT2D eigenvalue weighted by Gasteiger charge is 2.34. The van der Waals surface area contributed by atoms with Crippen LogP contribution in [0.4, 0.5) is 0 Å². The van der Waals surface area contributed by atoms with E-state index in [0.717, 1.165) is 5.52 Å². The Labute approximate surface area is 211 Å². The van der Waals surface area contributed by atoms with Crippen molar-refractivity contribution in [1.29, 1.82) is 0 Å². The molecule has 0 fully saturated rings. The molecule has 0 saturated heterocycles. The maximum Gasteiger partial charge on any atom is 0.316 e. The quantitative estimate of drug-likeness (QED) is 0.346. The molecule has 0 radical (unpaired) electrons. The predicted molar refractivity (Wildman–Crippen MR) is 137 cm³/mol. The molecule has 0 aliphatic rings. The van der Waals surface area contributed by atoms with Crippen LogP contribution in [0.2, 0.25) is 0 Å². The van der Waals surface area contributed by atoms with E-state index in [-0.39, 0.29) is 17.2 Å². The van der Waals surface area contributed by atoms with Crippen molar-refractivity contribution in [2.24, 2.45) is 16.2 Å². The zero-order valence-electron chi connectivity index (χ0n) is 22.4. The van der Waals surface area contributed by atoms with Crippen LogP contribution >= 0.6 is 0 Å². The molecule has 0 aliphatic carbocycles. The first-order valence-corrected chi connectivity index (χ1v) is 11.8. The Morgan fingerprint density at radius 3 is 1.69 bits per heavy atom. The Hall–Kier alpha value is -3.68. The average Bonchev–Trinajstić information content (AvgIpc) is 3.17. The number of carbonyl (C=O) groups excluding carboxylic acids is 3. The first-order valence-electron chi connectivity index (χ1n) is 11.8. The predicted octanol–water partition coefficient (Wildman–Crippen LogP) is 6.08. The van der Waals surface area contributed by atoms with Crippen molar-refractivity contribution in [3.63, 3.8) is 0 Å². The number of hydrogen-bond donors (Lipinski definition) is 1. The summed E-state index contributed by atoms with van der Waals surface area (Å²) < 4.78 is 17.3. The molecule has 0 atom stereocenters. The van der Waals surface area contributed by atoms with Crippen molar-refractivity contribution < 1.29 is 28.6 Å². The van der Waals surface area contributed by atoms with Gasteiger partial charge in [0.05, 0.1) is 32.8 Å². The second kappa shape index (κ2) is 9.41. The van der Waals surface area contributed by atoms with Crippen molar-refractivity contribution in [3.8, 4) is 28.6 Å². The maximum absolute atomic E-state index is 13.0. The van der Waals surface area contributed by atoms with Crippen molar-refractivity contribution in [1.82, 2.24) is 9.97 Å². The zero-order chi connectivity index (χ0) is 27.1. The molecule has 8 nitrogen and oxygen atoms in total. The molecule has 0 aliphatic heterocycles. The van der Waals surface area contributed by atoms with E-state index in [0.29, 0.717) is 16.9 Å². The van der Waals surface area contributed by atoms with E-state index in [1.807, 2.05) is 24.3 Å². The second-order valence-corrected chi connectivity index (χ2v) is 11.8. The van der Waals surface area contributed by atoms with Gasteiger partial charge in [-0.05, 0) is 86.6 Å². The third-order valence-electron chi connectivity index (χ3n) is 5.15. The summed E-state index contributed by atoms with van der Waals surface area (Å²) in [6.45, 7) is 15.3. The van der Waals surface area contributed by atoms with Gasteiger partial charge in [0, 0.05) is 0 Å². The molecule has 1 N–H and O–H groups in total. The summed E-state index contributed by atoms with van der Waals surface area (Å²) in [5, 5.41) is 0. The lowest BCUT2D eigenvalue weighted by atomic mass is 9.97. The number of fused-ring (bicyclic) bond motifs is 1. The molecule has 0 spiro atoms. The topological polar surface area (TPSA) is 108 Å². The number of hydrogen-bond acceptors (Lipinski definition) is 7. The molecule has 0 amide bonds. The van der Waals surface area contributed by atoms with Crippen LogP contribution in [0.25, 0.3) is 22.4 Å². The van der Waals surface area contributed by atoms with E-state index < -0.39 is 34.2 Å². The number of carbonyl (C=O) groups is 3. The number of aromatic nitrogens is 2. The van der Waals surface area contributed by atoms with Crippen LogP contribution in [-0.2, 0) is 14.4 Å². The Morgan fingerprint density at radius 1 is 0.667 bits per heavy atom. The van der Waals surface area contributed by atoms with E-state index >= 15 is 0 Å². The Balaban J connectivity index is 2.28. The molecule has 1 aromatic heterocycles. The van der Waals surface area contributed by atoms with Gasteiger partial charge < -0.3 is 19.2 Å². The number of ether oxygens (including phenoxy) is 3. The first-order chi connectivity index (χ1) is 16.5. The van der Waals surface area contributed by atoms with Crippen molar-refractivity contribution in [2.45, 2.75) is 62.3 Å². The highest BCUT2D eigenvalue weighted by molar-refractivity contribution is 5.89. The highest BCUT2D eigenvalue weighted by Crippen LogP contribution is 2.46. The number of rotatable bonds is 4. The van der Waals surface area contributed by atoms with Crippen LogP contribution < -0.4 is 14.2 Å². The summed E-state index contributed by atoms with van der Waals surface area (Å²) in [4.78, 5) is 46.6. The molecule has 36 heavy (non-hydrogen) atoms.